The van der Waals surface area contributed by atoms with Crippen LogP contribution in [0.4, 0.5) is 26.3 Å². The Balaban J connectivity index is 2.95. The molecule has 11 heteroatoms. The van der Waals surface area contributed by atoms with Crippen molar-refractivity contribution < 1.29 is 40.8 Å². The number of carboxylic acids is 1. The minimum atomic E-state index is -5.25. The number of rotatable bonds is 6. The zero-order valence-electron chi connectivity index (χ0n) is 19.4. The summed E-state index contributed by atoms with van der Waals surface area (Å²) in [5.74, 6) is -5.69. The third kappa shape index (κ3) is 5.69. The molecule has 2 atom stereocenters. The van der Waals surface area contributed by atoms with Gasteiger partial charge in [0.1, 0.15) is 22.2 Å². The van der Waals surface area contributed by atoms with Gasteiger partial charge in [-0.05, 0) is 75.9 Å². The Labute approximate surface area is 196 Å². The van der Waals surface area contributed by atoms with Gasteiger partial charge in [0.05, 0.1) is 18.0 Å². The molecular weight excluding hydrogens is 484 g/mol. The number of halogens is 6. The quantitative estimate of drug-likeness (QED) is 0.355. The van der Waals surface area contributed by atoms with Gasteiger partial charge in [0.2, 0.25) is 0 Å². The predicted octanol–water partition coefficient (Wildman–Crippen LogP) is 6.28. The van der Waals surface area contributed by atoms with Crippen molar-refractivity contribution in [3.05, 3.63) is 57.4 Å². The molecule has 2 aromatic rings. The second kappa shape index (κ2) is 9.79. The van der Waals surface area contributed by atoms with Gasteiger partial charge in [-0.2, -0.15) is 13.2 Å². The van der Waals surface area contributed by atoms with E-state index in [2.05, 4.69) is 4.72 Å². The molecule has 0 bridgehead atoms. The van der Waals surface area contributed by atoms with Gasteiger partial charge in [-0.25, -0.2) is 13.2 Å². The lowest BCUT2D eigenvalue weighted by Gasteiger charge is -2.29. The van der Waals surface area contributed by atoms with Crippen molar-refractivity contribution in [3.63, 3.8) is 0 Å². The Morgan fingerprint density at radius 3 is 2.09 bits per heavy atom. The molecule has 0 aliphatic carbocycles. The lowest BCUT2D eigenvalue weighted by molar-refractivity contribution is -0.140. The molecule has 0 aliphatic rings. The fourth-order valence-electron chi connectivity index (χ4n) is 3.48. The number of benzene rings is 2. The average molecular weight is 510 g/mol. The summed E-state index contributed by atoms with van der Waals surface area (Å²) in [5, 5.41) is 9.27. The van der Waals surface area contributed by atoms with Gasteiger partial charge < -0.3 is 9.66 Å². The molecule has 188 valence electrons. The Morgan fingerprint density at radius 1 is 1.06 bits per heavy atom. The summed E-state index contributed by atoms with van der Waals surface area (Å²) in [6, 6.07) is -0.574. The molecule has 0 radical (unpaired) electrons. The van der Waals surface area contributed by atoms with E-state index < -0.39 is 74.9 Å². The molecule has 0 heterocycles. The molecule has 0 aliphatic heterocycles. The van der Waals surface area contributed by atoms with E-state index in [0.717, 1.165) is 6.07 Å². The van der Waals surface area contributed by atoms with Crippen LogP contribution in [0.2, 0.25) is 0 Å². The van der Waals surface area contributed by atoms with Crippen LogP contribution in [-0.2, 0) is 22.3 Å². The Bertz CT molecular complexity index is 1110. The normalized spacial score (nSPS) is 14.3. The first kappa shape index (κ1) is 28.0. The number of hydrogen-bond acceptors (Lipinski definition) is 3. The molecular formula is C23H25F6NO3S. The Hall–Kier alpha value is -2.24. The van der Waals surface area contributed by atoms with Crippen molar-refractivity contribution in [2.75, 3.05) is 0 Å². The highest BCUT2D eigenvalue weighted by Gasteiger charge is 2.41. The van der Waals surface area contributed by atoms with Crippen LogP contribution in [0.5, 0.6) is 0 Å². The smallest absolute Gasteiger partial charge is 0.419 e. The lowest BCUT2D eigenvalue weighted by atomic mass is 9.88. The van der Waals surface area contributed by atoms with E-state index in [-0.39, 0.29) is 22.3 Å². The standard InChI is InChI=1S/C23H25F6NO3S/c1-10-7-15(24)11(2)12(3)18(10)13-8-14(23(27,28)29)21(26)19(20(13)25)16(9-17(31)32)30-34(33)22(4,5)6/h7-8,16,30H,9H2,1-6H3,(H,31,32)/t16?,34-/m1/s1. The molecule has 0 saturated heterocycles. The summed E-state index contributed by atoms with van der Waals surface area (Å²) >= 11 is -2.07. The van der Waals surface area contributed by atoms with Gasteiger partial charge in [-0.15, -0.1) is 4.72 Å². The number of nitrogens with one attached hydrogen (secondary N) is 1. The maximum absolute atomic E-state index is 15.8. The zero-order valence-corrected chi connectivity index (χ0v) is 20.2. The summed E-state index contributed by atoms with van der Waals surface area (Å²) in [7, 11) is 0. The van der Waals surface area contributed by atoms with E-state index in [1.165, 1.54) is 41.5 Å². The minimum absolute atomic E-state index is 0.0634. The molecule has 0 spiro atoms. The van der Waals surface area contributed by atoms with Crippen molar-refractivity contribution in [1.29, 1.82) is 0 Å². The molecule has 0 amide bonds. The van der Waals surface area contributed by atoms with Gasteiger partial charge in [-0.1, -0.05) is 0 Å². The van der Waals surface area contributed by atoms with Crippen LogP contribution in [0.25, 0.3) is 11.1 Å². The SMILES string of the molecule is Cc1cc(F)c(C)c(C)c1-c1cc(C(F)(F)F)c(F)c(C(CC(=O)O)N[S@+]([O-])C(C)(C)C)c1F. The molecule has 4 nitrogen and oxygen atoms in total. The van der Waals surface area contributed by atoms with Gasteiger partial charge >= 0.3 is 12.1 Å². The minimum Gasteiger partial charge on any atom is -0.598 e. The Morgan fingerprint density at radius 2 is 1.62 bits per heavy atom. The fraction of sp³-hybridized carbons (Fsp3) is 0.435. The maximum atomic E-state index is 15.8. The molecule has 0 fully saturated rings. The van der Waals surface area contributed by atoms with Crippen LogP contribution in [0.15, 0.2) is 12.1 Å². The molecule has 0 aromatic heterocycles. The first-order valence-corrected chi connectivity index (χ1v) is 11.3. The molecule has 1 unspecified atom stereocenters. The van der Waals surface area contributed by atoms with Crippen molar-refractivity contribution in [2.45, 2.75) is 64.9 Å². The van der Waals surface area contributed by atoms with E-state index in [4.69, 9.17) is 0 Å². The number of alkyl halides is 3. The van der Waals surface area contributed by atoms with Crippen LogP contribution >= 0.6 is 0 Å². The summed E-state index contributed by atoms with van der Waals surface area (Å²) in [6.45, 7) is 8.59. The van der Waals surface area contributed by atoms with Crippen LogP contribution in [0.3, 0.4) is 0 Å². The summed E-state index contributed by atoms with van der Waals surface area (Å²) in [6.07, 6.45) is -6.30. The van der Waals surface area contributed by atoms with E-state index in [1.54, 1.807) is 0 Å². The maximum Gasteiger partial charge on any atom is 0.419 e. The van der Waals surface area contributed by atoms with Gasteiger partial charge in [0.15, 0.2) is 0 Å². The summed E-state index contributed by atoms with van der Waals surface area (Å²) < 4.78 is 100. The summed E-state index contributed by atoms with van der Waals surface area (Å²) in [5.41, 5.74) is -3.46. The molecule has 0 saturated carbocycles. The zero-order chi connectivity index (χ0) is 26.3. The summed E-state index contributed by atoms with van der Waals surface area (Å²) in [4.78, 5) is 11.4. The van der Waals surface area contributed by atoms with Crippen LogP contribution in [-0.4, -0.2) is 20.4 Å². The highest BCUT2D eigenvalue weighted by molar-refractivity contribution is 7.90. The molecule has 2 rings (SSSR count). The second-order valence-corrected chi connectivity index (χ2v) is 11.0. The number of carbonyl (C=O) groups is 1. The van der Waals surface area contributed by atoms with E-state index in [1.807, 2.05) is 0 Å². The van der Waals surface area contributed by atoms with E-state index in [9.17, 15) is 32.0 Å². The lowest BCUT2D eigenvalue weighted by Crippen LogP contribution is -2.42. The van der Waals surface area contributed by atoms with E-state index >= 15 is 8.78 Å². The fourth-order valence-corrected chi connectivity index (χ4v) is 4.30. The third-order valence-electron chi connectivity index (χ3n) is 5.38. The molecule has 34 heavy (non-hydrogen) atoms. The molecule has 2 N–H and O–H groups in total. The number of carboxylic acid groups (broad SMARTS) is 1. The third-order valence-corrected chi connectivity index (χ3v) is 6.99. The first-order chi connectivity index (χ1) is 15.4. The Kier molecular flexibility index (Phi) is 8.06. The second-order valence-electron chi connectivity index (χ2n) is 8.96. The van der Waals surface area contributed by atoms with Crippen molar-refractivity contribution in [2.24, 2.45) is 0 Å². The van der Waals surface area contributed by atoms with Crippen molar-refractivity contribution >= 4 is 17.3 Å². The number of aryl methyl sites for hydroxylation is 1. The highest BCUT2D eigenvalue weighted by atomic mass is 32.2. The van der Waals surface area contributed by atoms with Crippen molar-refractivity contribution in [1.82, 2.24) is 4.72 Å². The van der Waals surface area contributed by atoms with Crippen LogP contribution in [0, 0.1) is 38.2 Å². The first-order valence-electron chi connectivity index (χ1n) is 10.1. The topological polar surface area (TPSA) is 72.4 Å². The largest absolute Gasteiger partial charge is 0.598 e. The molecule has 2 aromatic carbocycles. The van der Waals surface area contributed by atoms with Crippen LogP contribution in [0.1, 0.15) is 61.1 Å². The predicted molar refractivity (Wildman–Crippen MR) is 117 cm³/mol. The number of aliphatic carboxylic acids is 1. The highest BCUT2D eigenvalue weighted by Crippen LogP contribution is 2.42. The van der Waals surface area contributed by atoms with Crippen LogP contribution < -0.4 is 4.72 Å². The van der Waals surface area contributed by atoms with Gasteiger partial charge in [-0.3, -0.25) is 4.79 Å². The van der Waals surface area contributed by atoms with Crippen molar-refractivity contribution in [3.8, 4) is 11.1 Å². The van der Waals surface area contributed by atoms with E-state index in [0.29, 0.717) is 6.07 Å². The monoisotopic (exact) mass is 509 g/mol. The van der Waals surface area contributed by atoms with Gasteiger partial charge in [0, 0.05) is 22.5 Å². The number of hydrogen-bond donors (Lipinski definition) is 2. The average Bonchev–Trinajstić information content (AvgIpc) is 2.65. The van der Waals surface area contributed by atoms with Gasteiger partial charge in [0.25, 0.3) is 0 Å².